The Morgan fingerprint density at radius 1 is 1.40 bits per heavy atom. The first-order valence-corrected chi connectivity index (χ1v) is 5.27. The summed E-state index contributed by atoms with van der Waals surface area (Å²) in [5, 5.41) is 9.56. The molecule has 0 heterocycles. The third kappa shape index (κ3) is 2.29. The molecule has 0 saturated heterocycles. The van der Waals surface area contributed by atoms with E-state index in [1.54, 1.807) is 12.1 Å². The zero-order valence-corrected chi connectivity index (χ0v) is 8.74. The molecular weight excluding hydrogens is 195 g/mol. The lowest BCUT2D eigenvalue weighted by molar-refractivity contribution is 0.0578. The van der Waals surface area contributed by atoms with Crippen molar-refractivity contribution in [3.05, 3.63) is 29.6 Å². The standard InChI is InChI=1S/C12H15FO2/c1-8-5-6-9(13)12(7-8)15-11-4-2-3-10(11)14/h5-7,10-11,14H,2-4H2,1H3/t10-,11-/m1/s1. The minimum absolute atomic E-state index is 0.249. The summed E-state index contributed by atoms with van der Waals surface area (Å²) in [5.74, 6) is -0.111. The van der Waals surface area contributed by atoms with Gasteiger partial charge in [0.1, 0.15) is 6.10 Å². The van der Waals surface area contributed by atoms with Crippen molar-refractivity contribution in [3.63, 3.8) is 0 Å². The van der Waals surface area contributed by atoms with Crippen molar-refractivity contribution < 1.29 is 14.2 Å². The number of halogens is 1. The Morgan fingerprint density at radius 3 is 2.87 bits per heavy atom. The second-order valence-electron chi connectivity index (χ2n) is 4.09. The topological polar surface area (TPSA) is 29.5 Å². The molecule has 0 unspecified atom stereocenters. The number of benzene rings is 1. The molecule has 3 heteroatoms. The van der Waals surface area contributed by atoms with Crippen molar-refractivity contribution in [3.8, 4) is 5.75 Å². The fourth-order valence-corrected chi connectivity index (χ4v) is 1.91. The molecule has 0 radical (unpaired) electrons. The summed E-state index contributed by atoms with van der Waals surface area (Å²) in [5.41, 5.74) is 0.957. The van der Waals surface area contributed by atoms with Crippen molar-refractivity contribution in [2.75, 3.05) is 0 Å². The molecule has 1 aromatic rings. The maximum absolute atomic E-state index is 13.3. The lowest BCUT2D eigenvalue weighted by atomic mass is 10.2. The van der Waals surface area contributed by atoms with Crippen LogP contribution in [0.5, 0.6) is 5.75 Å². The van der Waals surface area contributed by atoms with E-state index < -0.39 is 6.10 Å². The number of hydrogen-bond donors (Lipinski definition) is 1. The molecule has 15 heavy (non-hydrogen) atoms. The predicted molar refractivity (Wildman–Crippen MR) is 55.4 cm³/mol. The number of aryl methyl sites for hydroxylation is 1. The van der Waals surface area contributed by atoms with Gasteiger partial charge in [0.25, 0.3) is 0 Å². The van der Waals surface area contributed by atoms with Gasteiger partial charge < -0.3 is 9.84 Å². The summed E-state index contributed by atoms with van der Waals surface area (Å²) in [6, 6.07) is 4.76. The zero-order valence-electron chi connectivity index (χ0n) is 8.74. The SMILES string of the molecule is Cc1ccc(F)c(O[C@@H]2CCC[C@H]2O)c1. The van der Waals surface area contributed by atoms with Crippen molar-refractivity contribution in [1.29, 1.82) is 0 Å². The molecule has 2 atom stereocenters. The van der Waals surface area contributed by atoms with Crippen LogP contribution in [0.25, 0.3) is 0 Å². The van der Waals surface area contributed by atoms with Gasteiger partial charge in [-0.2, -0.15) is 0 Å². The van der Waals surface area contributed by atoms with E-state index in [-0.39, 0.29) is 17.7 Å². The van der Waals surface area contributed by atoms with Gasteiger partial charge in [0.15, 0.2) is 11.6 Å². The smallest absolute Gasteiger partial charge is 0.165 e. The van der Waals surface area contributed by atoms with Gasteiger partial charge in [-0.15, -0.1) is 0 Å². The third-order valence-corrected chi connectivity index (χ3v) is 2.78. The third-order valence-electron chi connectivity index (χ3n) is 2.78. The Hall–Kier alpha value is -1.09. The molecule has 0 bridgehead atoms. The van der Waals surface area contributed by atoms with E-state index in [1.807, 2.05) is 6.92 Å². The van der Waals surface area contributed by atoms with Gasteiger partial charge in [-0.05, 0) is 43.9 Å². The monoisotopic (exact) mass is 210 g/mol. The van der Waals surface area contributed by atoms with Crippen molar-refractivity contribution >= 4 is 0 Å². The normalized spacial score (nSPS) is 25.5. The van der Waals surface area contributed by atoms with Gasteiger partial charge in [0.2, 0.25) is 0 Å². The molecule has 1 saturated carbocycles. The van der Waals surface area contributed by atoms with E-state index in [1.165, 1.54) is 6.07 Å². The number of ether oxygens (including phenoxy) is 1. The van der Waals surface area contributed by atoms with Crippen LogP contribution < -0.4 is 4.74 Å². The molecule has 0 aliphatic heterocycles. The second kappa shape index (κ2) is 4.19. The Bertz CT molecular complexity index is 351. The second-order valence-corrected chi connectivity index (χ2v) is 4.09. The van der Waals surface area contributed by atoms with Gasteiger partial charge in [0, 0.05) is 0 Å². The lowest BCUT2D eigenvalue weighted by Crippen LogP contribution is -2.26. The summed E-state index contributed by atoms with van der Waals surface area (Å²) in [7, 11) is 0. The van der Waals surface area contributed by atoms with Crippen LogP contribution in [0.4, 0.5) is 4.39 Å². The number of aliphatic hydroxyl groups is 1. The van der Waals surface area contributed by atoms with Crippen LogP contribution in [0, 0.1) is 12.7 Å². The first-order valence-electron chi connectivity index (χ1n) is 5.27. The minimum atomic E-state index is -0.454. The molecule has 1 aliphatic carbocycles. The van der Waals surface area contributed by atoms with Crippen LogP contribution in [-0.4, -0.2) is 17.3 Å². The Labute approximate surface area is 88.7 Å². The van der Waals surface area contributed by atoms with E-state index in [0.29, 0.717) is 0 Å². The highest BCUT2D eigenvalue weighted by Gasteiger charge is 2.27. The number of hydrogen-bond acceptors (Lipinski definition) is 2. The zero-order chi connectivity index (χ0) is 10.8. The molecule has 2 nitrogen and oxygen atoms in total. The van der Waals surface area contributed by atoms with Crippen LogP contribution >= 0.6 is 0 Å². The van der Waals surface area contributed by atoms with Gasteiger partial charge in [-0.25, -0.2) is 4.39 Å². The molecule has 0 aromatic heterocycles. The quantitative estimate of drug-likeness (QED) is 0.812. The van der Waals surface area contributed by atoms with Gasteiger partial charge in [-0.1, -0.05) is 6.07 Å². The molecule has 1 N–H and O–H groups in total. The Balaban J connectivity index is 2.12. The minimum Gasteiger partial charge on any atom is -0.485 e. The van der Waals surface area contributed by atoms with Crippen molar-refractivity contribution in [2.24, 2.45) is 0 Å². The van der Waals surface area contributed by atoms with E-state index >= 15 is 0 Å². The fraction of sp³-hybridized carbons (Fsp3) is 0.500. The average Bonchev–Trinajstić information content (AvgIpc) is 2.58. The van der Waals surface area contributed by atoms with Gasteiger partial charge in [-0.3, -0.25) is 0 Å². The maximum atomic E-state index is 13.3. The van der Waals surface area contributed by atoms with Crippen molar-refractivity contribution in [1.82, 2.24) is 0 Å². The largest absolute Gasteiger partial charge is 0.485 e. The lowest BCUT2D eigenvalue weighted by Gasteiger charge is -2.17. The van der Waals surface area contributed by atoms with Crippen LogP contribution in [0.15, 0.2) is 18.2 Å². The highest BCUT2D eigenvalue weighted by Crippen LogP contribution is 2.26. The fourth-order valence-electron chi connectivity index (χ4n) is 1.91. The Morgan fingerprint density at radius 2 is 2.20 bits per heavy atom. The summed E-state index contributed by atoms with van der Waals surface area (Å²) < 4.78 is 18.8. The first kappa shape index (κ1) is 10.4. The summed E-state index contributed by atoms with van der Waals surface area (Å²) >= 11 is 0. The summed E-state index contributed by atoms with van der Waals surface area (Å²) in [6.45, 7) is 1.89. The van der Waals surface area contributed by atoms with Crippen molar-refractivity contribution in [2.45, 2.75) is 38.4 Å². The van der Waals surface area contributed by atoms with E-state index in [0.717, 1.165) is 24.8 Å². The molecule has 82 valence electrons. The molecule has 1 fully saturated rings. The van der Waals surface area contributed by atoms with E-state index in [2.05, 4.69) is 0 Å². The number of rotatable bonds is 2. The van der Waals surface area contributed by atoms with Gasteiger partial charge >= 0.3 is 0 Å². The maximum Gasteiger partial charge on any atom is 0.165 e. The van der Waals surface area contributed by atoms with E-state index in [4.69, 9.17) is 4.74 Å². The van der Waals surface area contributed by atoms with Crippen LogP contribution in [0.1, 0.15) is 24.8 Å². The summed E-state index contributed by atoms with van der Waals surface area (Å²) in [4.78, 5) is 0. The molecule has 0 amide bonds. The van der Waals surface area contributed by atoms with E-state index in [9.17, 15) is 9.50 Å². The highest BCUT2D eigenvalue weighted by atomic mass is 19.1. The van der Waals surface area contributed by atoms with Crippen LogP contribution in [0.2, 0.25) is 0 Å². The molecular formula is C12H15FO2. The molecule has 1 aliphatic rings. The number of aliphatic hydroxyl groups excluding tert-OH is 1. The predicted octanol–water partition coefficient (Wildman–Crippen LogP) is 2.43. The van der Waals surface area contributed by atoms with Crippen LogP contribution in [-0.2, 0) is 0 Å². The van der Waals surface area contributed by atoms with Gasteiger partial charge in [0.05, 0.1) is 6.10 Å². The molecule has 2 rings (SSSR count). The molecule has 0 spiro atoms. The average molecular weight is 210 g/mol. The molecule has 1 aromatic carbocycles. The highest BCUT2D eigenvalue weighted by molar-refractivity contribution is 5.29. The Kier molecular flexibility index (Phi) is 2.91. The summed E-state index contributed by atoms with van der Waals surface area (Å²) in [6.07, 6.45) is 1.79. The van der Waals surface area contributed by atoms with Crippen LogP contribution in [0.3, 0.4) is 0 Å². The first-order chi connectivity index (χ1) is 7.16.